The summed E-state index contributed by atoms with van der Waals surface area (Å²) in [5.41, 5.74) is 1.53. The summed E-state index contributed by atoms with van der Waals surface area (Å²) in [7, 11) is -2.43. The Kier molecular flexibility index (Phi) is 5.95. The maximum atomic E-state index is 13.1. The van der Waals surface area contributed by atoms with Gasteiger partial charge in [0.05, 0.1) is 23.4 Å². The van der Waals surface area contributed by atoms with Crippen LogP contribution >= 0.6 is 11.6 Å². The van der Waals surface area contributed by atoms with Gasteiger partial charge in [0, 0.05) is 18.5 Å². The fourth-order valence-corrected chi connectivity index (χ4v) is 4.65. The third kappa shape index (κ3) is 4.41. The topological polar surface area (TPSA) is 83.2 Å². The first kappa shape index (κ1) is 21.3. The third-order valence-electron chi connectivity index (χ3n) is 5.02. The fraction of sp³-hybridized carbons (Fsp3) is 0.182. The Labute approximate surface area is 185 Å². The molecule has 0 fully saturated rings. The summed E-state index contributed by atoms with van der Waals surface area (Å²) in [6.07, 6.45) is 1.97. The second kappa shape index (κ2) is 8.66. The molecule has 1 aliphatic heterocycles. The Balaban J connectivity index is 1.59. The molecular formula is C22H20ClN3O4S. The van der Waals surface area contributed by atoms with Crippen LogP contribution in [0, 0.1) is 0 Å². The molecule has 4 rings (SSSR count). The Hall–Kier alpha value is -2.94. The molecule has 1 atom stereocenters. The smallest absolute Gasteiger partial charge is 0.258 e. The average Bonchev–Trinajstić information content (AvgIpc) is 3.45. The van der Waals surface area contributed by atoms with Gasteiger partial charge in [-0.1, -0.05) is 41.9 Å². The normalized spacial score (nSPS) is 16.5. The Bertz CT molecular complexity index is 1190. The SMILES string of the molecule is CN(CC(=O)N1N=C(c2ccc(Cl)cc2)CC1c1ccco1)S(=O)(=O)c1ccccc1. The van der Waals surface area contributed by atoms with Gasteiger partial charge in [-0.15, -0.1) is 0 Å². The van der Waals surface area contributed by atoms with E-state index in [0.717, 1.165) is 9.87 Å². The van der Waals surface area contributed by atoms with E-state index in [-0.39, 0.29) is 11.4 Å². The van der Waals surface area contributed by atoms with Crippen molar-refractivity contribution in [2.75, 3.05) is 13.6 Å². The van der Waals surface area contributed by atoms with Crippen LogP contribution in [0.25, 0.3) is 0 Å². The maximum absolute atomic E-state index is 13.1. The molecule has 0 radical (unpaired) electrons. The highest BCUT2D eigenvalue weighted by Gasteiger charge is 2.36. The summed E-state index contributed by atoms with van der Waals surface area (Å²) in [5, 5.41) is 6.42. The summed E-state index contributed by atoms with van der Waals surface area (Å²) in [4.78, 5) is 13.2. The van der Waals surface area contributed by atoms with Gasteiger partial charge in [0.15, 0.2) is 0 Å². The van der Waals surface area contributed by atoms with Crippen LogP contribution in [0.2, 0.25) is 5.02 Å². The predicted molar refractivity (Wildman–Crippen MR) is 117 cm³/mol. The molecule has 1 unspecified atom stereocenters. The molecule has 31 heavy (non-hydrogen) atoms. The van der Waals surface area contributed by atoms with Crippen LogP contribution in [-0.2, 0) is 14.8 Å². The number of carbonyl (C=O) groups excluding carboxylic acids is 1. The van der Waals surface area contributed by atoms with Crippen molar-refractivity contribution < 1.29 is 17.6 Å². The number of carbonyl (C=O) groups is 1. The molecule has 0 aliphatic carbocycles. The van der Waals surface area contributed by atoms with Crippen molar-refractivity contribution in [2.45, 2.75) is 17.4 Å². The minimum atomic E-state index is -3.81. The van der Waals surface area contributed by atoms with Gasteiger partial charge in [-0.25, -0.2) is 13.4 Å². The van der Waals surface area contributed by atoms with E-state index < -0.39 is 22.0 Å². The lowest BCUT2D eigenvalue weighted by Crippen LogP contribution is -2.39. The van der Waals surface area contributed by atoms with Crippen molar-refractivity contribution in [3.05, 3.63) is 89.3 Å². The number of rotatable bonds is 6. The highest BCUT2D eigenvalue weighted by molar-refractivity contribution is 7.89. The van der Waals surface area contributed by atoms with E-state index in [1.807, 2.05) is 12.1 Å². The second-order valence-corrected chi connectivity index (χ2v) is 9.58. The van der Waals surface area contributed by atoms with E-state index in [4.69, 9.17) is 16.0 Å². The lowest BCUT2D eigenvalue weighted by atomic mass is 10.0. The molecule has 7 nitrogen and oxygen atoms in total. The molecule has 9 heteroatoms. The van der Waals surface area contributed by atoms with Crippen LogP contribution in [0.1, 0.15) is 23.8 Å². The number of furan rings is 1. The number of sulfonamides is 1. The molecule has 2 aromatic carbocycles. The van der Waals surface area contributed by atoms with Crippen molar-refractivity contribution in [3.63, 3.8) is 0 Å². The van der Waals surface area contributed by atoms with Crippen molar-refractivity contribution >= 4 is 33.2 Å². The van der Waals surface area contributed by atoms with E-state index in [1.54, 1.807) is 42.5 Å². The molecule has 1 amide bonds. The van der Waals surface area contributed by atoms with Gasteiger partial charge in [-0.05, 0) is 42.0 Å². The van der Waals surface area contributed by atoms with Gasteiger partial charge >= 0.3 is 0 Å². The number of likely N-dealkylation sites (N-methyl/N-ethyl adjacent to an activating group) is 1. The number of amides is 1. The highest BCUT2D eigenvalue weighted by Crippen LogP contribution is 2.33. The number of benzene rings is 2. The van der Waals surface area contributed by atoms with Crippen molar-refractivity contribution in [1.29, 1.82) is 0 Å². The Morgan fingerprint density at radius 1 is 1.13 bits per heavy atom. The molecule has 160 valence electrons. The monoisotopic (exact) mass is 457 g/mol. The third-order valence-corrected chi connectivity index (χ3v) is 7.09. The largest absolute Gasteiger partial charge is 0.467 e. The van der Waals surface area contributed by atoms with Crippen LogP contribution in [0.5, 0.6) is 0 Å². The molecule has 0 saturated heterocycles. The van der Waals surface area contributed by atoms with Crippen molar-refractivity contribution in [3.8, 4) is 0 Å². The molecule has 3 aromatic rings. The molecule has 1 aliphatic rings. The van der Waals surface area contributed by atoms with E-state index in [0.29, 0.717) is 22.9 Å². The van der Waals surface area contributed by atoms with Crippen molar-refractivity contribution in [2.24, 2.45) is 5.10 Å². The average molecular weight is 458 g/mol. The second-order valence-electron chi connectivity index (χ2n) is 7.10. The van der Waals surface area contributed by atoms with E-state index >= 15 is 0 Å². The zero-order chi connectivity index (χ0) is 22.0. The molecule has 0 N–H and O–H groups in total. The summed E-state index contributed by atoms with van der Waals surface area (Å²) in [5.74, 6) is 0.127. The van der Waals surface area contributed by atoms with Crippen LogP contribution in [0.3, 0.4) is 0 Å². The van der Waals surface area contributed by atoms with E-state index in [9.17, 15) is 13.2 Å². The zero-order valence-corrected chi connectivity index (χ0v) is 18.3. The van der Waals surface area contributed by atoms with E-state index in [2.05, 4.69) is 5.10 Å². The molecule has 0 spiro atoms. The van der Waals surface area contributed by atoms with Crippen LogP contribution in [-0.4, -0.2) is 42.9 Å². The quantitative estimate of drug-likeness (QED) is 0.561. The summed E-state index contributed by atoms with van der Waals surface area (Å²) in [6, 6.07) is 18.2. The molecule has 0 bridgehead atoms. The summed E-state index contributed by atoms with van der Waals surface area (Å²) in [6.45, 7) is -0.355. The van der Waals surface area contributed by atoms with Gasteiger partial charge in [0.25, 0.3) is 5.91 Å². The van der Waals surface area contributed by atoms with Crippen LogP contribution in [0.15, 0.2) is 87.4 Å². The summed E-state index contributed by atoms with van der Waals surface area (Å²) < 4.78 is 32.1. The summed E-state index contributed by atoms with van der Waals surface area (Å²) >= 11 is 5.98. The number of hydrogen-bond donors (Lipinski definition) is 0. The number of hydrogen-bond acceptors (Lipinski definition) is 5. The van der Waals surface area contributed by atoms with Crippen molar-refractivity contribution in [1.82, 2.24) is 9.31 Å². The maximum Gasteiger partial charge on any atom is 0.258 e. The predicted octanol–water partition coefficient (Wildman–Crippen LogP) is 3.93. The zero-order valence-electron chi connectivity index (χ0n) is 16.7. The van der Waals surface area contributed by atoms with Gasteiger partial charge in [-0.2, -0.15) is 9.41 Å². The number of halogens is 1. The minimum absolute atomic E-state index is 0.125. The lowest BCUT2D eigenvalue weighted by Gasteiger charge is -2.23. The highest BCUT2D eigenvalue weighted by atomic mass is 35.5. The first-order chi connectivity index (χ1) is 14.9. The van der Waals surface area contributed by atoms with Gasteiger partial charge in [-0.3, -0.25) is 4.79 Å². The first-order valence-electron chi connectivity index (χ1n) is 9.56. The lowest BCUT2D eigenvalue weighted by molar-refractivity contribution is -0.133. The fourth-order valence-electron chi connectivity index (χ4n) is 3.38. The Morgan fingerprint density at radius 3 is 2.48 bits per heavy atom. The van der Waals surface area contributed by atoms with Crippen LogP contribution < -0.4 is 0 Å². The first-order valence-corrected chi connectivity index (χ1v) is 11.4. The minimum Gasteiger partial charge on any atom is -0.467 e. The van der Waals surface area contributed by atoms with Gasteiger partial charge in [0.2, 0.25) is 10.0 Å². The van der Waals surface area contributed by atoms with Crippen LogP contribution in [0.4, 0.5) is 0 Å². The molecule has 0 saturated carbocycles. The standard InChI is InChI=1S/C22H20ClN3O4S/c1-25(31(28,29)18-6-3-2-4-7-18)15-22(27)26-20(21-8-5-13-30-21)14-19(24-26)16-9-11-17(23)12-10-16/h2-13,20H,14-15H2,1H3. The molecule has 1 aromatic heterocycles. The van der Waals surface area contributed by atoms with Gasteiger partial charge < -0.3 is 4.42 Å². The Morgan fingerprint density at radius 2 is 1.84 bits per heavy atom. The number of hydrazone groups is 1. The van der Waals surface area contributed by atoms with E-state index in [1.165, 1.54) is 30.5 Å². The van der Waals surface area contributed by atoms with Gasteiger partial charge in [0.1, 0.15) is 11.8 Å². The molecular weight excluding hydrogens is 438 g/mol. The number of nitrogens with zero attached hydrogens (tertiary/aromatic N) is 3. The molecule has 2 heterocycles.